The lowest BCUT2D eigenvalue weighted by atomic mass is 9.94. The Bertz CT molecular complexity index is 415. The first kappa shape index (κ1) is 14.1. The fourth-order valence-corrected chi connectivity index (χ4v) is 2.79. The summed E-state index contributed by atoms with van der Waals surface area (Å²) in [5.41, 5.74) is 1.28. The van der Waals surface area contributed by atoms with Crippen LogP contribution in [0.4, 0.5) is 0 Å². The second kappa shape index (κ2) is 6.70. The lowest BCUT2D eigenvalue weighted by molar-refractivity contribution is -0.119. The molecule has 0 spiro atoms. The van der Waals surface area contributed by atoms with Gasteiger partial charge in [0.25, 0.3) is 0 Å². The molecule has 106 valence electrons. The number of piperidine rings is 1. The van der Waals surface area contributed by atoms with Gasteiger partial charge in [0.2, 0.25) is 5.91 Å². The van der Waals surface area contributed by atoms with Crippen LogP contribution in [-0.2, 0) is 18.4 Å². The highest BCUT2D eigenvalue weighted by Gasteiger charge is 2.19. The molecule has 1 amide bonds. The van der Waals surface area contributed by atoms with Gasteiger partial charge in [-0.2, -0.15) is 5.10 Å². The Labute approximate surface area is 115 Å². The molecule has 5 nitrogen and oxygen atoms in total. The minimum atomic E-state index is 0.0722. The minimum Gasteiger partial charge on any atom is -0.356 e. The van der Waals surface area contributed by atoms with Crippen molar-refractivity contribution in [3.8, 4) is 0 Å². The van der Waals surface area contributed by atoms with Gasteiger partial charge in [-0.1, -0.05) is 0 Å². The maximum Gasteiger partial charge on any atom is 0.216 e. The van der Waals surface area contributed by atoms with Crippen molar-refractivity contribution in [2.45, 2.75) is 32.7 Å². The van der Waals surface area contributed by atoms with E-state index in [9.17, 15) is 4.79 Å². The molecule has 1 fully saturated rings. The van der Waals surface area contributed by atoms with Gasteiger partial charge in [-0.3, -0.25) is 14.4 Å². The van der Waals surface area contributed by atoms with E-state index in [0.29, 0.717) is 5.92 Å². The van der Waals surface area contributed by atoms with Crippen molar-refractivity contribution in [3.63, 3.8) is 0 Å². The SMILES string of the molecule is CC(=O)NCC[C@H]1CCCN(Cc2cnn(C)c2)C1. The van der Waals surface area contributed by atoms with Gasteiger partial charge in [0.15, 0.2) is 0 Å². The number of rotatable bonds is 5. The molecule has 5 heteroatoms. The van der Waals surface area contributed by atoms with E-state index in [4.69, 9.17) is 0 Å². The Morgan fingerprint density at radius 2 is 2.42 bits per heavy atom. The van der Waals surface area contributed by atoms with Gasteiger partial charge >= 0.3 is 0 Å². The van der Waals surface area contributed by atoms with Crippen molar-refractivity contribution in [2.24, 2.45) is 13.0 Å². The molecule has 0 radical (unpaired) electrons. The second-order valence-electron chi connectivity index (χ2n) is 5.54. The van der Waals surface area contributed by atoms with Gasteiger partial charge in [0.05, 0.1) is 6.20 Å². The molecule has 1 saturated heterocycles. The fraction of sp³-hybridized carbons (Fsp3) is 0.714. The van der Waals surface area contributed by atoms with E-state index >= 15 is 0 Å². The quantitative estimate of drug-likeness (QED) is 0.868. The van der Waals surface area contributed by atoms with Crippen LogP contribution in [0.2, 0.25) is 0 Å². The molecular formula is C14H24N4O. The molecule has 0 unspecified atom stereocenters. The Balaban J connectivity index is 1.75. The van der Waals surface area contributed by atoms with Gasteiger partial charge in [-0.25, -0.2) is 0 Å². The maximum absolute atomic E-state index is 10.9. The Morgan fingerprint density at radius 3 is 3.11 bits per heavy atom. The number of aromatic nitrogens is 2. The molecule has 1 aromatic heterocycles. The normalized spacial score (nSPS) is 20.4. The summed E-state index contributed by atoms with van der Waals surface area (Å²) in [6, 6.07) is 0. The molecule has 2 rings (SSSR count). The number of carbonyl (C=O) groups excluding carboxylic acids is 1. The number of nitrogens with zero attached hydrogens (tertiary/aromatic N) is 3. The summed E-state index contributed by atoms with van der Waals surface area (Å²) in [4.78, 5) is 13.4. The Hall–Kier alpha value is -1.36. The zero-order valence-corrected chi connectivity index (χ0v) is 11.9. The van der Waals surface area contributed by atoms with Crippen LogP contribution in [0.5, 0.6) is 0 Å². The van der Waals surface area contributed by atoms with E-state index in [0.717, 1.165) is 26.1 Å². The molecule has 1 atom stereocenters. The lowest BCUT2D eigenvalue weighted by Gasteiger charge is -2.32. The second-order valence-corrected chi connectivity index (χ2v) is 5.54. The predicted molar refractivity (Wildman–Crippen MR) is 74.5 cm³/mol. The van der Waals surface area contributed by atoms with E-state index in [1.807, 2.05) is 17.9 Å². The maximum atomic E-state index is 10.9. The summed E-state index contributed by atoms with van der Waals surface area (Å²) >= 11 is 0. The number of nitrogens with one attached hydrogen (secondary N) is 1. The van der Waals surface area contributed by atoms with Gasteiger partial charge in [-0.15, -0.1) is 0 Å². The number of hydrogen-bond donors (Lipinski definition) is 1. The summed E-state index contributed by atoms with van der Waals surface area (Å²) in [5, 5.41) is 7.10. The van der Waals surface area contributed by atoms with E-state index in [1.165, 1.54) is 24.9 Å². The first-order valence-electron chi connectivity index (χ1n) is 7.08. The standard InChI is InChI=1S/C14H24N4O/c1-12(19)15-6-5-13-4-3-7-18(10-13)11-14-8-16-17(2)9-14/h8-9,13H,3-7,10-11H2,1-2H3,(H,15,19)/t13-/m1/s1. The van der Waals surface area contributed by atoms with Crippen LogP contribution < -0.4 is 5.32 Å². The topological polar surface area (TPSA) is 50.2 Å². The molecule has 1 aromatic rings. The molecule has 0 aromatic carbocycles. The third-order valence-corrected chi connectivity index (χ3v) is 3.69. The molecule has 0 bridgehead atoms. The van der Waals surface area contributed by atoms with Gasteiger partial charge in [0.1, 0.15) is 0 Å². The van der Waals surface area contributed by atoms with Crippen molar-refractivity contribution in [1.29, 1.82) is 0 Å². The third-order valence-electron chi connectivity index (χ3n) is 3.69. The lowest BCUT2D eigenvalue weighted by Crippen LogP contribution is -2.36. The highest BCUT2D eigenvalue weighted by Crippen LogP contribution is 2.20. The van der Waals surface area contributed by atoms with Gasteiger partial charge in [0, 0.05) is 45.4 Å². The van der Waals surface area contributed by atoms with E-state index in [1.54, 1.807) is 6.92 Å². The first-order chi connectivity index (χ1) is 9.13. The zero-order chi connectivity index (χ0) is 13.7. The van der Waals surface area contributed by atoms with Crippen molar-refractivity contribution in [3.05, 3.63) is 18.0 Å². The molecule has 0 saturated carbocycles. The first-order valence-corrected chi connectivity index (χ1v) is 7.08. The number of amides is 1. The van der Waals surface area contributed by atoms with Crippen LogP contribution in [0.1, 0.15) is 31.7 Å². The van der Waals surface area contributed by atoms with Crippen LogP contribution in [0.3, 0.4) is 0 Å². The van der Waals surface area contributed by atoms with Crippen LogP contribution in [0, 0.1) is 5.92 Å². The number of likely N-dealkylation sites (tertiary alicyclic amines) is 1. The molecule has 19 heavy (non-hydrogen) atoms. The number of carbonyl (C=O) groups is 1. The summed E-state index contributed by atoms with van der Waals surface area (Å²) in [6.45, 7) is 5.68. The van der Waals surface area contributed by atoms with Gasteiger partial charge in [-0.05, 0) is 31.7 Å². The van der Waals surface area contributed by atoms with E-state index < -0.39 is 0 Å². The van der Waals surface area contributed by atoms with Crippen LogP contribution in [0.25, 0.3) is 0 Å². The highest BCUT2D eigenvalue weighted by atomic mass is 16.1. The minimum absolute atomic E-state index is 0.0722. The molecule has 0 aliphatic carbocycles. The molecule has 1 aliphatic heterocycles. The molecular weight excluding hydrogens is 240 g/mol. The van der Waals surface area contributed by atoms with E-state index in [-0.39, 0.29) is 5.91 Å². The van der Waals surface area contributed by atoms with Crippen molar-refractivity contribution in [1.82, 2.24) is 20.0 Å². The largest absolute Gasteiger partial charge is 0.356 e. The van der Waals surface area contributed by atoms with Crippen molar-refractivity contribution < 1.29 is 4.79 Å². The van der Waals surface area contributed by atoms with Crippen LogP contribution in [-0.4, -0.2) is 40.2 Å². The third kappa shape index (κ3) is 4.67. The van der Waals surface area contributed by atoms with Crippen LogP contribution >= 0.6 is 0 Å². The number of hydrogen-bond acceptors (Lipinski definition) is 3. The van der Waals surface area contributed by atoms with Crippen LogP contribution in [0.15, 0.2) is 12.4 Å². The summed E-state index contributed by atoms with van der Waals surface area (Å²) in [5.74, 6) is 0.778. The highest BCUT2D eigenvalue weighted by molar-refractivity contribution is 5.72. The average Bonchev–Trinajstić information content (AvgIpc) is 2.75. The van der Waals surface area contributed by atoms with E-state index in [2.05, 4.69) is 21.5 Å². The molecule has 2 heterocycles. The van der Waals surface area contributed by atoms with Crippen molar-refractivity contribution >= 4 is 5.91 Å². The van der Waals surface area contributed by atoms with Gasteiger partial charge < -0.3 is 5.32 Å². The zero-order valence-electron chi connectivity index (χ0n) is 11.9. The predicted octanol–water partition coefficient (Wildman–Crippen LogP) is 1.16. The number of aryl methyl sites for hydroxylation is 1. The smallest absolute Gasteiger partial charge is 0.216 e. The fourth-order valence-electron chi connectivity index (χ4n) is 2.79. The monoisotopic (exact) mass is 264 g/mol. The summed E-state index contributed by atoms with van der Waals surface area (Å²) in [7, 11) is 1.95. The Kier molecular flexibility index (Phi) is 4.96. The Morgan fingerprint density at radius 1 is 1.58 bits per heavy atom. The molecule has 1 N–H and O–H groups in total. The molecule has 1 aliphatic rings. The van der Waals surface area contributed by atoms with Crippen molar-refractivity contribution in [2.75, 3.05) is 19.6 Å². The summed E-state index contributed by atoms with van der Waals surface area (Å²) in [6.07, 6.45) is 7.65. The summed E-state index contributed by atoms with van der Waals surface area (Å²) < 4.78 is 1.85. The average molecular weight is 264 g/mol.